The van der Waals surface area contributed by atoms with Crippen molar-refractivity contribution in [3.8, 4) is 11.3 Å². The number of fused-ring (bicyclic) bond motifs is 2. The Bertz CT molecular complexity index is 1790. The van der Waals surface area contributed by atoms with Gasteiger partial charge in [-0.25, -0.2) is 22.2 Å². The number of anilines is 1. The van der Waals surface area contributed by atoms with E-state index in [9.17, 15) is 32.2 Å². The SMILES string of the molecule is O=C(Nc1ccc(F)c(F)c1)c1ccc(Cl)c(S(=O)(=O)C2CC3CC[C@@H](C2)C3(O)C(O)c2nc(-c3cccnc3)co2)c1. The third-order valence-corrected chi connectivity index (χ3v) is 11.2. The van der Waals surface area contributed by atoms with Crippen LogP contribution in [-0.2, 0) is 9.84 Å². The minimum Gasteiger partial charge on any atom is -0.445 e. The molecule has 0 radical (unpaired) electrons. The number of sulfone groups is 1. The predicted octanol–water partition coefficient (Wildman–Crippen LogP) is 5.35. The summed E-state index contributed by atoms with van der Waals surface area (Å²) in [6.07, 6.45) is 4.17. The standard InChI is InChI=1S/C30H26ClF2N3O6S/c31-22-7-3-16(28(38)35-20-6-8-23(32)24(33)13-20)10-26(22)43(40,41)21-11-18-4-5-19(12-21)30(18,39)27(37)29-36-25(15-42-29)17-2-1-9-34-14-17/h1-3,6-10,13-15,18-19,21,27,37,39H,4-5,11-12H2,(H,35,38)/t18-,19?,21?,27?,30?/m0/s1. The number of aliphatic hydroxyl groups is 2. The monoisotopic (exact) mass is 629 g/mol. The van der Waals surface area contributed by atoms with Gasteiger partial charge < -0.3 is 19.9 Å². The fourth-order valence-electron chi connectivity index (χ4n) is 6.32. The lowest BCUT2D eigenvalue weighted by Crippen LogP contribution is -2.52. The molecule has 2 bridgehead atoms. The third kappa shape index (κ3) is 5.22. The van der Waals surface area contributed by atoms with Gasteiger partial charge in [-0.2, -0.15) is 0 Å². The molecular weight excluding hydrogens is 604 g/mol. The molecule has 1 amide bonds. The van der Waals surface area contributed by atoms with Crippen molar-refractivity contribution in [2.45, 2.75) is 47.5 Å². The molecule has 2 aliphatic rings. The average Bonchev–Trinajstić information content (AvgIpc) is 3.52. The molecule has 2 saturated carbocycles. The van der Waals surface area contributed by atoms with Crippen LogP contribution in [0.2, 0.25) is 5.02 Å². The van der Waals surface area contributed by atoms with Gasteiger partial charge in [0.1, 0.15) is 17.6 Å². The molecule has 0 aliphatic heterocycles. The van der Waals surface area contributed by atoms with E-state index in [0.717, 1.165) is 18.2 Å². The highest BCUT2D eigenvalue weighted by atomic mass is 35.5. The van der Waals surface area contributed by atoms with Crippen molar-refractivity contribution >= 4 is 33.0 Å². The number of nitrogens with zero attached hydrogens (tertiary/aromatic N) is 2. The summed E-state index contributed by atoms with van der Waals surface area (Å²) in [5, 5.41) is 24.5. The lowest BCUT2D eigenvalue weighted by Gasteiger charge is -2.44. The van der Waals surface area contributed by atoms with Gasteiger partial charge in [-0.3, -0.25) is 9.78 Å². The number of benzene rings is 2. The van der Waals surface area contributed by atoms with Crippen LogP contribution < -0.4 is 5.32 Å². The first kappa shape index (κ1) is 29.4. The summed E-state index contributed by atoms with van der Waals surface area (Å²) in [4.78, 5) is 21.0. The highest BCUT2D eigenvalue weighted by molar-refractivity contribution is 7.92. The van der Waals surface area contributed by atoms with Crippen LogP contribution in [0.15, 0.2) is 76.5 Å². The summed E-state index contributed by atoms with van der Waals surface area (Å²) in [7, 11) is -4.09. The normalized spacial score (nSPS) is 24.1. The van der Waals surface area contributed by atoms with Crippen molar-refractivity contribution in [1.82, 2.24) is 9.97 Å². The first-order chi connectivity index (χ1) is 20.5. The van der Waals surface area contributed by atoms with E-state index in [1.54, 1.807) is 24.5 Å². The first-order valence-corrected chi connectivity index (χ1v) is 15.5. The summed E-state index contributed by atoms with van der Waals surface area (Å²) in [5.74, 6) is -4.18. The van der Waals surface area contributed by atoms with E-state index < -0.39 is 56.2 Å². The van der Waals surface area contributed by atoms with Crippen molar-refractivity contribution in [3.05, 3.63) is 95.3 Å². The molecule has 2 heterocycles. The van der Waals surface area contributed by atoms with Crippen molar-refractivity contribution in [2.24, 2.45) is 11.8 Å². The molecule has 2 fully saturated rings. The number of oxazole rings is 1. The maximum absolute atomic E-state index is 13.9. The van der Waals surface area contributed by atoms with Crippen LogP contribution in [0.3, 0.4) is 0 Å². The number of hydrogen-bond donors (Lipinski definition) is 3. The van der Waals surface area contributed by atoms with Gasteiger partial charge in [0.15, 0.2) is 27.6 Å². The summed E-state index contributed by atoms with van der Waals surface area (Å²) >= 11 is 6.31. The zero-order valence-electron chi connectivity index (χ0n) is 22.5. The maximum atomic E-state index is 13.9. The molecule has 4 aromatic rings. The second-order valence-electron chi connectivity index (χ2n) is 10.9. The molecular formula is C30H26ClF2N3O6S. The topological polar surface area (TPSA) is 143 Å². The number of halogens is 3. The largest absolute Gasteiger partial charge is 0.445 e. The van der Waals surface area contributed by atoms with Crippen LogP contribution in [0.1, 0.15) is 48.0 Å². The van der Waals surface area contributed by atoms with Gasteiger partial charge >= 0.3 is 0 Å². The smallest absolute Gasteiger partial charge is 0.255 e. The molecule has 5 atom stereocenters. The molecule has 43 heavy (non-hydrogen) atoms. The van der Waals surface area contributed by atoms with Crippen LogP contribution in [0.5, 0.6) is 0 Å². The van der Waals surface area contributed by atoms with E-state index in [0.29, 0.717) is 24.1 Å². The van der Waals surface area contributed by atoms with Gasteiger partial charge in [-0.15, -0.1) is 0 Å². The number of nitrogens with one attached hydrogen (secondary N) is 1. The Labute approximate surface area is 250 Å². The van der Waals surface area contributed by atoms with Crippen LogP contribution in [0.4, 0.5) is 14.5 Å². The van der Waals surface area contributed by atoms with Crippen LogP contribution >= 0.6 is 11.6 Å². The second-order valence-corrected chi connectivity index (χ2v) is 13.5. The third-order valence-electron chi connectivity index (χ3n) is 8.53. The molecule has 4 unspecified atom stereocenters. The molecule has 0 saturated heterocycles. The lowest BCUT2D eigenvalue weighted by molar-refractivity contribution is -0.152. The fourth-order valence-corrected chi connectivity index (χ4v) is 8.72. The lowest BCUT2D eigenvalue weighted by atomic mass is 9.71. The summed E-state index contributed by atoms with van der Waals surface area (Å²) in [6.45, 7) is 0. The number of rotatable bonds is 7. The van der Waals surface area contributed by atoms with Crippen molar-refractivity contribution in [2.75, 3.05) is 5.32 Å². The average molecular weight is 630 g/mol. The number of aliphatic hydroxyl groups excluding tert-OH is 1. The minimum atomic E-state index is -4.09. The summed E-state index contributed by atoms with van der Waals surface area (Å²) in [6, 6.07) is 10.1. The number of pyridine rings is 1. The molecule has 2 aliphatic carbocycles. The highest BCUT2D eigenvalue weighted by Gasteiger charge is 2.60. The van der Waals surface area contributed by atoms with E-state index in [1.165, 1.54) is 24.5 Å². The Hall–Kier alpha value is -3.71. The van der Waals surface area contributed by atoms with Crippen molar-refractivity contribution < 1.29 is 36.6 Å². The van der Waals surface area contributed by atoms with Gasteiger partial charge in [0.05, 0.1) is 15.2 Å². The van der Waals surface area contributed by atoms with Crippen LogP contribution in [-0.4, -0.2) is 45.4 Å². The first-order valence-electron chi connectivity index (χ1n) is 13.5. The molecule has 224 valence electrons. The van der Waals surface area contributed by atoms with E-state index in [1.807, 2.05) is 0 Å². The molecule has 13 heteroatoms. The van der Waals surface area contributed by atoms with Crippen LogP contribution in [0.25, 0.3) is 11.3 Å². The van der Waals surface area contributed by atoms with E-state index >= 15 is 0 Å². The minimum absolute atomic E-state index is 0.0106. The van der Waals surface area contributed by atoms with Gasteiger partial charge in [-0.1, -0.05) is 11.6 Å². The number of carbonyl (C=O) groups excluding carboxylic acids is 1. The highest BCUT2D eigenvalue weighted by Crippen LogP contribution is 2.56. The van der Waals surface area contributed by atoms with E-state index in [-0.39, 0.29) is 39.9 Å². The van der Waals surface area contributed by atoms with Gasteiger partial charge in [-0.05, 0) is 80.0 Å². The fraction of sp³-hybridized carbons (Fsp3) is 0.300. The van der Waals surface area contributed by atoms with Gasteiger partial charge in [0, 0.05) is 35.3 Å². The number of hydrogen-bond acceptors (Lipinski definition) is 8. The molecule has 2 aromatic carbocycles. The van der Waals surface area contributed by atoms with Gasteiger partial charge in [0.25, 0.3) is 5.91 Å². The molecule has 6 rings (SSSR count). The number of amides is 1. The Morgan fingerprint density at radius 1 is 1.09 bits per heavy atom. The van der Waals surface area contributed by atoms with E-state index in [4.69, 9.17) is 16.0 Å². The quantitative estimate of drug-likeness (QED) is 0.248. The van der Waals surface area contributed by atoms with Crippen molar-refractivity contribution in [3.63, 3.8) is 0 Å². The molecule has 9 nitrogen and oxygen atoms in total. The Kier molecular flexibility index (Phi) is 7.57. The van der Waals surface area contributed by atoms with Crippen LogP contribution in [0, 0.1) is 23.5 Å². The number of aromatic nitrogens is 2. The zero-order valence-corrected chi connectivity index (χ0v) is 24.0. The van der Waals surface area contributed by atoms with E-state index in [2.05, 4.69) is 15.3 Å². The predicted molar refractivity (Wildman–Crippen MR) is 152 cm³/mol. The second kappa shape index (κ2) is 11.1. The Balaban J connectivity index is 1.22. The molecule has 0 spiro atoms. The number of carbonyl (C=O) groups is 1. The maximum Gasteiger partial charge on any atom is 0.255 e. The zero-order chi connectivity index (χ0) is 30.5. The molecule has 2 aromatic heterocycles. The molecule has 3 N–H and O–H groups in total. The summed E-state index contributed by atoms with van der Waals surface area (Å²) < 4.78 is 60.1. The summed E-state index contributed by atoms with van der Waals surface area (Å²) in [5.41, 5.74) is -0.598. The Morgan fingerprint density at radius 3 is 2.51 bits per heavy atom. The Morgan fingerprint density at radius 2 is 1.84 bits per heavy atom. The van der Waals surface area contributed by atoms with Gasteiger partial charge in [0.2, 0.25) is 5.89 Å². The van der Waals surface area contributed by atoms with Crippen molar-refractivity contribution in [1.29, 1.82) is 0 Å².